The molecule has 2 aliphatic rings. The molecule has 0 aromatic heterocycles. The van der Waals surface area contributed by atoms with E-state index >= 15 is 0 Å². The Hall–Kier alpha value is -1.26. The van der Waals surface area contributed by atoms with Crippen LogP contribution in [-0.4, -0.2) is 33.0 Å². The van der Waals surface area contributed by atoms with Gasteiger partial charge in [0.25, 0.3) is 0 Å². The van der Waals surface area contributed by atoms with E-state index in [1.54, 1.807) is 7.11 Å². The van der Waals surface area contributed by atoms with Crippen LogP contribution in [0.15, 0.2) is 18.2 Å². The molecular weight excluding hydrogens is 266 g/mol. The second-order valence-electron chi connectivity index (χ2n) is 5.88. The van der Waals surface area contributed by atoms with Crippen molar-refractivity contribution in [3.63, 3.8) is 0 Å². The Morgan fingerprint density at radius 3 is 3.00 bits per heavy atom. The van der Waals surface area contributed by atoms with Crippen molar-refractivity contribution in [2.45, 2.75) is 38.3 Å². The van der Waals surface area contributed by atoms with E-state index in [1.807, 2.05) is 12.1 Å². The summed E-state index contributed by atoms with van der Waals surface area (Å²) in [5, 5.41) is 3.58. The van der Waals surface area contributed by atoms with Gasteiger partial charge in [-0.1, -0.05) is 6.92 Å². The van der Waals surface area contributed by atoms with Crippen LogP contribution in [0.4, 0.5) is 0 Å². The first-order chi connectivity index (χ1) is 10.3. The van der Waals surface area contributed by atoms with E-state index in [1.165, 1.54) is 12.0 Å². The highest BCUT2D eigenvalue weighted by Gasteiger charge is 2.34. The summed E-state index contributed by atoms with van der Waals surface area (Å²) in [6, 6.07) is 6.44. The van der Waals surface area contributed by atoms with Crippen LogP contribution in [0.25, 0.3) is 0 Å². The molecular formula is C17H25NO3. The van der Waals surface area contributed by atoms with E-state index in [0.717, 1.165) is 44.1 Å². The third-order valence-electron chi connectivity index (χ3n) is 4.51. The van der Waals surface area contributed by atoms with Gasteiger partial charge in [0.1, 0.15) is 17.6 Å². The predicted octanol–water partition coefficient (Wildman–Crippen LogP) is 2.92. The molecule has 0 radical (unpaired) electrons. The predicted molar refractivity (Wildman–Crippen MR) is 82.0 cm³/mol. The van der Waals surface area contributed by atoms with Crippen molar-refractivity contribution < 1.29 is 14.2 Å². The molecule has 1 fully saturated rings. The minimum absolute atomic E-state index is 0.246. The number of ether oxygens (including phenoxy) is 3. The van der Waals surface area contributed by atoms with Gasteiger partial charge in [0.05, 0.1) is 13.7 Å². The zero-order chi connectivity index (χ0) is 14.7. The number of fused-ring (bicyclic) bond motifs is 1. The largest absolute Gasteiger partial charge is 0.497 e. The number of benzene rings is 1. The second-order valence-corrected chi connectivity index (χ2v) is 5.88. The molecule has 0 amide bonds. The molecule has 2 aliphatic heterocycles. The number of hydrogen-bond acceptors (Lipinski definition) is 4. The Labute approximate surface area is 126 Å². The van der Waals surface area contributed by atoms with Crippen LogP contribution >= 0.6 is 0 Å². The van der Waals surface area contributed by atoms with Crippen LogP contribution in [0, 0.1) is 5.92 Å². The first-order valence-corrected chi connectivity index (χ1v) is 7.97. The van der Waals surface area contributed by atoms with Crippen LogP contribution in [0.5, 0.6) is 11.5 Å². The van der Waals surface area contributed by atoms with Crippen molar-refractivity contribution in [1.82, 2.24) is 5.32 Å². The van der Waals surface area contributed by atoms with Gasteiger partial charge in [-0.2, -0.15) is 0 Å². The average Bonchev–Trinajstić information content (AvgIpc) is 2.55. The second kappa shape index (κ2) is 6.67. The van der Waals surface area contributed by atoms with Crippen LogP contribution in [0.1, 0.15) is 37.8 Å². The third kappa shape index (κ3) is 3.16. The molecule has 0 saturated carbocycles. The zero-order valence-electron chi connectivity index (χ0n) is 12.9. The maximum atomic E-state index is 6.27. The SMILES string of the molecule is CCNC1CC(C2CCCOC2)Oc2ccc(OC)cc21. The van der Waals surface area contributed by atoms with Crippen LogP contribution < -0.4 is 14.8 Å². The summed E-state index contributed by atoms with van der Waals surface area (Å²) in [6.45, 7) is 4.83. The first-order valence-electron chi connectivity index (χ1n) is 7.97. The van der Waals surface area contributed by atoms with Gasteiger partial charge in [-0.15, -0.1) is 0 Å². The summed E-state index contributed by atoms with van der Waals surface area (Å²) >= 11 is 0. The Kier molecular flexibility index (Phi) is 4.66. The molecule has 3 unspecified atom stereocenters. The van der Waals surface area contributed by atoms with Crippen molar-refractivity contribution in [2.24, 2.45) is 5.92 Å². The quantitative estimate of drug-likeness (QED) is 0.926. The van der Waals surface area contributed by atoms with Gasteiger partial charge in [0.2, 0.25) is 0 Å². The van der Waals surface area contributed by atoms with E-state index in [2.05, 4.69) is 18.3 Å². The molecule has 3 atom stereocenters. The smallest absolute Gasteiger partial charge is 0.124 e. The molecule has 4 heteroatoms. The number of nitrogens with one attached hydrogen (secondary N) is 1. The maximum Gasteiger partial charge on any atom is 0.124 e. The van der Waals surface area contributed by atoms with E-state index in [-0.39, 0.29) is 6.10 Å². The normalized spacial score (nSPS) is 28.6. The first kappa shape index (κ1) is 14.7. The summed E-state index contributed by atoms with van der Waals surface area (Å²) in [6.07, 6.45) is 3.60. The van der Waals surface area contributed by atoms with E-state index in [4.69, 9.17) is 14.2 Å². The fourth-order valence-corrected chi connectivity index (χ4v) is 3.39. The highest BCUT2D eigenvalue weighted by molar-refractivity contribution is 5.43. The van der Waals surface area contributed by atoms with Crippen molar-refractivity contribution in [2.75, 3.05) is 26.9 Å². The standard InChI is InChI=1S/C17H25NO3/c1-3-18-15-10-17(12-5-4-8-20-11-12)21-16-7-6-13(19-2)9-14(15)16/h6-7,9,12,15,17-18H,3-5,8,10-11H2,1-2H3. The zero-order valence-corrected chi connectivity index (χ0v) is 12.9. The van der Waals surface area contributed by atoms with Crippen LogP contribution in [0.2, 0.25) is 0 Å². The lowest BCUT2D eigenvalue weighted by atomic mass is 9.87. The number of hydrogen-bond donors (Lipinski definition) is 1. The van der Waals surface area contributed by atoms with Gasteiger partial charge in [-0.25, -0.2) is 0 Å². The fraction of sp³-hybridized carbons (Fsp3) is 0.647. The molecule has 4 nitrogen and oxygen atoms in total. The third-order valence-corrected chi connectivity index (χ3v) is 4.51. The summed E-state index contributed by atoms with van der Waals surface area (Å²) in [5.41, 5.74) is 1.21. The fourth-order valence-electron chi connectivity index (χ4n) is 3.39. The summed E-state index contributed by atoms with van der Waals surface area (Å²) < 4.78 is 17.3. The van der Waals surface area contributed by atoms with Gasteiger partial charge in [-0.3, -0.25) is 0 Å². The highest BCUT2D eigenvalue weighted by atomic mass is 16.5. The molecule has 0 aliphatic carbocycles. The van der Waals surface area contributed by atoms with E-state index in [9.17, 15) is 0 Å². The van der Waals surface area contributed by atoms with Gasteiger partial charge in [0.15, 0.2) is 0 Å². The molecule has 3 rings (SSSR count). The Morgan fingerprint density at radius 1 is 1.38 bits per heavy atom. The topological polar surface area (TPSA) is 39.7 Å². The lowest BCUT2D eigenvalue weighted by Crippen LogP contribution is -2.40. The minimum atomic E-state index is 0.246. The number of methoxy groups -OCH3 is 1. The molecule has 1 N–H and O–H groups in total. The average molecular weight is 291 g/mol. The molecule has 1 aromatic carbocycles. The van der Waals surface area contributed by atoms with E-state index < -0.39 is 0 Å². The molecule has 2 heterocycles. The van der Waals surface area contributed by atoms with Crippen molar-refractivity contribution in [1.29, 1.82) is 0 Å². The molecule has 0 spiro atoms. The van der Waals surface area contributed by atoms with Crippen molar-refractivity contribution in [3.05, 3.63) is 23.8 Å². The Morgan fingerprint density at radius 2 is 2.29 bits per heavy atom. The molecule has 116 valence electrons. The highest BCUT2D eigenvalue weighted by Crippen LogP contribution is 2.40. The van der Waals surface area contributed by atoms with Gasteiger partial charge >= 0.3 is 0 Å². The lowest BCUT2D eigenvalue weighted by Gasteiger charge is -2.38. The van der Waals surface area contributed by atoms with Crippen LogP contribution in [0.3, 0.4) is 0 Å². The monoisotopic (exact) mass is 291 g/mol. The minimum Gasteiger partial charge on any atom is -0.497 e. The summed E-state index contributed by atoms with van der Waals surface area (Å²) in [5.74, 6) is 2.39. The Balaban J connectivity index is 1.82. The van der Waals surface area contributed by atoms with Crippen LogP contribution in [-0.2, 0) is 4.74 Å². The maximum absolute atomic E-state index is 6.27. The van der Waals surface area contributed by atoms with E-state index in [0.29, 0.717) is 12.0 Å². The lowest BCUT2D eigenvalue weighted by molar-refractivity contribution is -0.0110. The van der Waals surface area contributed by atoms with Gasteiger partial charge < -0.3 is 19.5 Å². The molecule has 1 aromatic rings. The van der Waals surface area contributed by atoms with Gasteiger partial charge in [-0.05, 0) is 37.6 Å². The number of rotatable bonds is 4. The van der Waals surface area contributed by atoms with Gasteiger partial charge in [0, 0.05) is 30.6 Å². The molecule has 0 bridgehead atoms. The molecule has 21 heavy (non-hydrogen) atoms. The molecule has 1 saturated heterocycles. The van der Waals surface area contributed by atoms with Crippen molar-refractivity contribution in [3.8, 4) is 11.5 Å². The summed E-state index contributed by atoms with van der Waals surface area (Å²) in [7, 11) is 1.70. The van der Waals surface area contributed by atoms with Crippen molar-refractivity contribution >= 4 is 0 Å². The summed E-state index contributed by atoms with van der Waals surface area (Å²) in [4.78, 5) is 0. The Bertz CT molecular complexity index is 471.